The van der Waals surface area contributed by atoms with Crippen LogP contribution >= 0.6 is 0 Å². The Morgan fingerprint density at radius 3 is 2.60 bits per heavy atom. The quantitative estimate of drug-likeness (QED) is 0.778. The summed E-state index contributed by atoms with van der Waals surface area (Å²) in [7, 11) is 0. The van der Waals surface area contributed by atoms with Crippen molar-refractivity contribution in [3.05, 3.63) is 29.8 Å². The maximum absolute atomic E-state index is 11.3. The maximum atomic E-state index is 11.3. The van der Waals surface area contributed by atoms with Crippen molar-refractivity contribution in [2.75, 3.05) is 0 Å². The van der Waals surface area contributed by atoms with Gasteiger partial charge < -0.3 is 9.47 Å². The molecule has 1 aliphatic rings. The summed E-state index contributed by atoms with van der Waals surface area (Å²) in [6, 6.07) is 8.13. The summed E-state index contributed by atoms with van der Waals surface area (Å²) in [5.41, 5.74) is 1.17. The van der Waals surface area contributed by atoms with Crippen LogP contribution in [0, 0.1) is 0 Å². The third-order valence-electron chi connectivity index (χ3n) is 3.70. The van der Waals surface area contributed by atoms with Gasteiger partial charge in [0.05, 0.1) is 6.10 Å². The number of para-hydroxylation sites is 1. The lowest BCUT2D eigenvalue weighted by Crippen LogP contribution is -2.28. The van der Waals surface area contributed by atoms with E-state index in [2.05, 4.69) is 6.07 Å². The van der Waals surface area contributed by atoms with Gasteiger partial charge in [0.15, 0.2) is 0 Å². The van der Waals surface area contributed by atoms with Gasteiger partial charge in [-0.3, -0.25) is 4.79 Å². The first-order valence-electron chi connectivity index (χ1n) is 7.50. The molecule has 3 heteroatoms. The molecule has 1 aromatic carbocycles. The van der Waals surface area contributed by atoms with Crippen molar-refractivity contribution in [3.63, 3.8) is 0 Å². The second-order valence-corrected chi connectivity index (χ2v) is 5.74. The molecular weight excluding hydrogens is 252 g/mol. The molecule has 0 spiro atoms. The van der Waals surface area contributed by atoms with Gasteiger partial charge in [-0.25, -0.2) is 0 Å². The largest absolute Gasteiger partial charge is 0.491 e. The highest BCUT2D eigenvalue weighted by Crippen LogP contribution is 2.39. The van der Waals surface area contributed by atoms with E-state index in [0.29, 0.717) is 0 Å². The fourth-order valence-corrected chi connectivity index (χ4v) is 2.95. The molecule has 20 heavy (non-hydrogen) atoms. The van der Waals surface area contributed by atoms with Crippen LogP contribution in [0.5, 0.6) is 5.75 Å². The van der Waals surface area contributed by atoms with E-state index in [-0.39, 0.29) is 24.1 Å². The number of carbonyl (C=O) groups is 1. The van der Waals surface area contributed by atoms with Gasteiger partial charge in [-0.2, -0.15) is 0 Å². The van der Waals surface area contributed by atoms with Crippen LogP contribution in [0.15, 0.2) is 24.3 Å². The molecular formula is C17H24O3. The highest BCUT2D eigenvalue weighted by molar-refractivity contribution is 5.66. The topological polar surface area (TPSA) is 35.5 Å². The fraction of sp³-hybridized carbons (Fsp3) is 0.588. The Morgan fingerprint density at radius 1 is 1.20 bits per heavy atom. The summed E-state index contributed by atoms with van der Waals surface area (Å²) in [5, 5.41) is 0. The third-order valence-corrected chi connectivity index (χ3v) is 3.70. The van der Waals surface area contributed by atoms with Crippen LogP contribution in [0.25, 0.3) is 0 Å². The first kappa shape index (κ1) is 14.9. The number of hydrogen-bond acceptors (Lipinski definition) is 3. The predicted molar refractivity (Wildman–Crippen MR) is 79.0 cm³/mol. The summed E-state index contributed by atoms with van der Waals surface area (Å²) >= 11 is 0. The van der Waals surface area contributed by atoms with Crippen molar-refractivity contribution in [2.45, 2.75) is 64.6 Å². The lowest BCUT2D eigenvalue weighted by Gasteiger charge is -2.32. The van der Waals surface area contributed by atoms with Crippen LogP contribution in [0.1, 0.15) is 57.9 Å². The molecule has 1 saturated carbocycles. The number of esters is 1. The molecule has 0 heterocycles. The monoisotopic (exact) mass is 276 g/mol. The molecule has 0 unspecified atom stereocenters. The summed E-state index contributed by atoms with van der Waals surface area (Å²) in [5.74, 6) is 0.985. The lowest BCUT2D eigenvalue weighted by molar-refractivity contribution is -0.148. The summed E-state index contributed by atoms with van der Waals surface area (Å²) in [6.45, 7) is 5.55. The van der Waals surface area contributed by atoms with E-state index in [4.69, 9.17) is 9.47 Å². The molecule has 2 rings (SSSR count). The maximum Gasteiger partial charge on any atom is 0.302 e. The summed E-state index contributed by atoms with van der Waals surface area (Å²) in [4.78, 5) is 11.3. The molecule has 0 radical (unpaired) electrons. The standard InChI is InChI=1S/C17H24O3/c1-12(2)19-16-10-6-4-8-14(16)15-9-5-7-11-17(15)20-13(3)18/h4,6,8,10,12,15,17H,5,7,9,11H2,1-3H3/t15-,17+/m1/s1. The van der Waals surface area contributed by atoms with Crippen LogP contribution in [0.2, 0.25) is 0 Å². The van der Waals surface area contributed by atoms with E-state index in [1.807, 2.05) is 32.0 Å². The molecule has 0 saturated heterocycles. The minimum atomic E-state index is -0.191. The van der Waals surface area contributed by atoms with Crippen molar-refractivity contribution in [3.8, 4) is 5.75 Å². The van der Waals surface area contributed by atoms with E-state index < -0.39 is 0 Å². The highest BCUT2D eigenvalue weighted by Gasteiger charge is 2.30. The average molecular weight is 276 g/mol. The van der Waals surface area contributed by atoms with E-state index in [0.717, 1.165) is 25.0 Å². The SMILES string of the molecule is CC(=O)O[C@H]1CCCC[C@@H]1c1ccccc1OC(C)C. The van der Waals surface area contributed by atoms with Gasteiger partial charge in [-0.1, -0.05) is 24.6 Å². The van der Waals surface area contributed by atoms with Crippen molar-refractivity contribution in [2.24, 2.45) is 0 Å². The van der Waals surface area contributed by atoms with Gasteiger partial charge in [-0.05, 0) is 39.2 Å². The Bertz CT molecular complexity index is 453. The van der Waals surface area contributed by atoms with Crippen molar-refractivity contribution in [1.29, 1.82) is 0 Å². The van der Waals surface area contributed by atoms with E-state index in [9.17, 15) is 4.79 Å². The van der Waals surface area contributed by atoms with Gasteiger partial charge in [-0.15, -0.1) is 0 Å². The summed E-state index contributed by atoms with van der Waals surface area (Å²) in [6.07, 6.45) is 4.43. The molecule has 0 bridgehead atoms. The number of ether oxygens (including phenoxy) is 2. The van der Waals surface area contributed by atoms with E-state index in [1.165, 1.54) is 18.9 Å². The van der Waals surface area contributed by atoms with Gasteiger partial charge in [0.1, 0.15) is 11.9 Å². The Labute approximate surface area is 121 Å². The van der Waals surface area contributed by atoms with Gasteiger partial charge in [0, 0.05) is 18.4 Å². The number of hydrogen-bond donors (Lipinski definition) is 0. The average Bonchev–Trinajstić information content (AvgIpc) is 2.39. The van der Waals surface area contributed by atoms with Crippen LogP contribution in [-0.2, 0) is 9.53 Å². The molecule has 0 N–H and O–H groups in total. The Balaban J connectivity index is 2.25. The fourth-order valence-electron chi connectivity index (χ4n) is 2.95. The minimum absolute atomic E-state index is 0.0156. The van der Waals surface area contributed by atoms with Crippen molar-refractivity contribution >= 4 is 5.97 Å². The molecule has 1 aromatic rings. The molecule has 0 aromatic heterocycles. The molecule has 2 atom stereocenters. The smallest absolute Gasteiger partial charge is 0.302 e. The van der Waals surface area contributed by atoms with Crippen LogP contribution in [0.3, 0.4) is 0 Å². The van der Waals surface area contributed by atoms with Gasteiger partial charge in [0.25, 0.3) is 0 Å². The van der Waals surface area contributed by atoms with Crippen LogP contribution in [-0.4, -0.2) is 18.2 Å². The van der Waals surface area contributed by atoms with E-state index >= 15 is 0 Å². The zero-order valence-electron chi connectivity index (χ0n) is 12.6. The van der Waals surface area contributed by atoms with Crippen LogP contribution in [0.4, 0.5) is 0 Å². The minimum Gasteiger partial charge on any atom is -0.491 e. The number of carbonyl (C=O) groups excluding carboxylic acids is 1. The lowest BCUT2D eigenvalue weighted by atomic mass is 9.81. The molecule has 0 aliphatic heterocycles. The first-order chi connectivity index (χ1) is 9.58. The van der Waals surface area contributed by atoms with Crippen molar-refractivity contribution in [1.82, 2.24) is 0 Å². The van der Waals surface area contributed by atoms with Gasteiger partial charge >= 0.3 is 5.97 Å². The summed E-state index contributed by atoms with van der Waals surface area (Å²) < 4.78 is 11.4. The zero-order chi connectivity index (χ0) is 14.5. The second kappa shape index (κ2) is 6.78. The number of benzene rings is 1. The highest BCUT2D eigenvalue weighted by atomic mass is 16.5. The van der Waals surface area contributed by atoms with Gasteiger partial charge in [0.2, 0.25) is 0 Å². The zero-order valence-corrected chi connectivity index (χ0v) is 12.6. The predicted octanol–water partition coefficient (Wildman–Crippen LogP) is 4.06. The second-order valence-electron chi connectivity index (χ2n) is 5.74. The Kier molecular flexibility index (Phi) is 5.05. The number of rotatable bonds is 4. The third kappa shape index (κ3) is 3.75. The molecule has 0 amide bonds. The molecule has 1 fully saturated rings. The molecule has 3 nitrogen and oxygen atoms in total. The van der Waals surface area contributed by atoms with Crippen LogP contribution < -0.4 is 4.74 Å². The first-order valence-corrected chi connectivity index (χ1v) is 7.50. The van der Waals surface area contributed by atoms with E-state index in [1.54, 1.807) is 0 Å². The molecule has 1 aliphatic carbocycles. The normalized spacial score (nSPS) is 22.6. The Hall–Kier alpha value is -1.51. The Morgan fingerprint density at radius 2 is 1.90 bits per heavy atom. The molecule has 110 valence electrons. The van der Waals surface area contributed by atoms with Crippen molar-refractivity contribution < 1.29 is 14.3 Å².